The van der Waals surface area contributed by atoms with Gasteiger partial charge in [-0.3, -0.25) is 0 Å². The molecule has 4 heteroatoms. The average Bonchev–Trinajstić information content (AvgIpc) is 2.22. The largest absolute Gasteiger partial charge is 0.330 e. The molecule has 1 unspecified atom stereocenters. The van der Waals surface area contributed by atoms with Crippen LogP contribution in [0, 0.1) is 11.2 Å². The molecule has 0 bridgehead atoms. The zero-order valence-corrected chi connectivity index (χ0v) is 11.6. The first-order valence-corrected chi connectivity index (χ1v) is 5.99. The molecule has 0 fully saturated rings. The summed E-state index contributed by atoms with van der Waals surface area (Å²) in [6, 6.07) is 4.54. The van der Waals surface area contributed by atoms with Gasteiger partial charge in [-0.2, -0.15) is 0 Å². The topological polar surface area (TPSA) is 29.3 Å². The minimum atomic E-state index is -0.241. The summed E-state index contributed by atoms with van der Waals surface area (Å²) in [4.78, 5) is 1.97. The van der Waals surface area contributed by atoms with Crippen LogP contribution in [0.2, 0.25) is 5.02 Å². The van der Waals surface area contributed by atoms with Crippen molar-refractivity contribution in [3.05, 3.63) is 34.6 Å². The molecule has 17 heavy (non-hydrogen) atoms. The Labute approximate surface area is 108 Å². The van der Waals surface area contributed by atoms with Crippen molar-refractivity contribution >= 4 is 11.6 Å². The molecule has 0 heterocycles. The van der Waals surface area contributed by atoms with Crippen LogP contribution in [0.3, 0.4) is 0 Å². The first-order valence-electron chi connectivity index (χ1n) is 5.61. The third-order valence-electron chi connectivity index (χ3n) is 3.04. The lowest BCUT2D eigenvalue weighted by Gasteiger charge is -2.38. The number of nitrogens with zero attached hydrogens (tertiary/aromatic N) is 1. The quantitative estimate of drug-likeness (QED) is 0.899. The maximum absolute atomic E-state index is 13.9. The van der Waals surface area contributed by atoms with Gasteiger partial charge in [0.05, 0.1) is 0 Å². The smallest absolute Gasteiger partial charge is 0.128 e. The standard InChI is InChI=1S/C13H20ClFN2/c1-13(2,8-16)12(17(3)4)10-7-9(14)5-6-11(10)15/h5-7,12H,8,16H2,1-4H3. The molecule has 0 radical (unpaired) electrons. The van der Waals surface area contributed by atoms with Crippen LogP contribution in [0.5, 0.6) is 0 Å². The third kappa shape index (κ3) is 3.18. The van der Waals surface area contributed by atoms with E-state index in [1.807, 2.05) is 32.8 Å². The molecule has 2 N–H and O–H groups in total. The van der Waals surface area contributed by atoms with E-state index in [0.717, 1.165) is 0 Å². The van der Waals surface area contributed by atoms with Crippen LogP contribution in [-0.4, -0.2) is 25.5 Å². The molecule has 1 atom stereocenters. The maximum atomic E-state index is 13.9. The zero-order chi connectivity index (χ0) is 13.2. The van der Waals surface area contributed by atoms with E-state index in [-0.39, 0.29) is 17.3 Å². The fourth-order valence-electron chi connectivity index (χ4n) is 2.23. The Hall–Kier alpha value is -0.640. The number of hydrogen-bond donors (Lipinski definition) is 1. The van der Waals surface area contributed by atoms with E-state index in [1.165, 1.54) is 6.07 Å². The molecule has 0 aliphatic heterocycles. The number of rotatable bonds is 4. The molecule has 0 saturated carbocycles. The van der Waals surface area contributed by atoms with Crippen LogP contribution in [0.4, 0.5) is 4.39 Å². The molecule has 0 spiro atoms. The zero-order valence-electron chi connectivity index (χ0n) is 10.8. The van der Waals surface area contributed by atoms with E-state index in [1.54, 1.807) is 12.1 Å². The molecule has 0 saturated heterocycles. The molecule has 0 aliphatic rings. The summed E-state index contributed by atoms with van der Waals surface area (Å²) in [7, 11) is 3.84. The van der Waals surface area contributed by atoms with Gasteiger partial charge >= 0.3 is 0 Å². The highest BCUT2D eigenvalue weighted by Crippen LogP contribution is 2.38. The molecular weight excluding hydrogens is 239 g/mol. The van der Waals surface area contributed by atoms with Crippen LogP contribution < -0.4 is 5.73 Å². The Morgan fingerprint density at radius 2 is 2.00 bits per heavy atom. The minimum Gasteiger partial charge on any atom is -0.330 e. The Kier molecular flexibility index (Phi) is 4.53. The van der Waals surface area contributed by atoms with Gasteiger partial charge in [-0.1, -0.05) is 25.4 Å². The molecule has 0 amide bonds. The monoisotopic (exact) mass is 258 g/mol. The Balaban J connectivity index is 3.28. The van der Waals surface area contributed by atoms with Crippen LogP contribution in [0.15, 0.2) is 18.2 Å². The molecule has 1 aromatic carbocycles. The van der Waals surface area contributed by atoms with E-state index in [4.69, 9.17) is 17.3 Å². The molecular formula is C13H20ClFN2. The predicted octanol–water partition coefficient (Wildman–Crippen LogP) is 3.07. The molecule has 1 rings (SSSR count). The lowest BCUT2D eigenvalue weighted by molar-refractivity contribution is 0.139. The Bertz CT molecular complexity index is 391. The minimum absolute atomic E-state index is 0.105. The van der Waals surface area contributed by atoms with E-state index in [2.05, 4.69) is 0 Å². The second-order valence-corrected chi connectivity index (χ2v) is 5.66. The number of benzene rings is 1. The second-order valence-electron chi connectivity index (χ2n) is 5.22. The molecule has 2 nitrogen and oxygen atoms in total. The molecule has 0 aromatic heterocycles. The summed E-state index contributed by atoms with van der Waals surface area (Å²) >= 11 is 5.94. The van der Waals surface area contributed by atoms with Crippen LogP contribution in [-0.2, 0) is 0 Å². The van der Waals surface area contributed by atoms with Gasteiger partial charge in [-0.25, -0.2) is 4.39 Å². The second kappa shape index (κ2) is 5.34. The molecule has 96 valence electrons. The fraction of sp³-hybridized carbons (Fsp3) is 0.538. The van der Waals surface area contributed by atoms with E-state index in [9.17, 15) is 4.39 Å². The lowest BCUT2D eigenvalue weighted by Crippen LogP contribution is -2.39. The van der Waals surface area contributed by atoms with Gasteiger partial charge in [0.2, 0.25) is 0 Å². The summed E-state index contributed by atoms with van der Waals surface area (Å²) in [5.41, 5.74) is 6.16. The van der Waals surface area contributed by atoms with Crippen molar-refractivity contribution in [1.29, 1.82) is 0 Å². The number of hydrogen-bond acceptors (Lipinski definition) is 2. The van der Waals surface area contributed by atoms with Gasteiger partial charge in [0.25, 0.3) is 0 Å². The van der Waals surface area contributed by atoms with Gasteiger partial charge in [0.15, 0.2) is 0 Å². The first kappa shape index (κ1) is 14.4. The normalized spacial score (nSPS) is 14.1. The summed E-state index contributed by atoms with van der Waals surface area (Å²) in [6.45, 7) is 4.53. The highest BCUT2D eigenvalue weighted by molar-refractivity contribution is 6.30. The fourth-order valence-corrected chi connectivity index (χ4v) is 2.41. The van der Waals surface area contributed by atoms with Gasteiger partial charge in [-0.15, -0.1) is 0 Å². The summed E-state index contributed by atoms with van der Waals surface area (Å²) < 4.78 is 13.9. The van der Waals surface area contributed by atoms with Crippen molar-refractivity contribution in [2.24, 2.45) is 11.1 Å². The van der Waals surface area contributed by atoms with Crippen LogP contribution in [0.1, 0.15) is 25.5 Å². The molecule has 1 aromatic rings. The van der Waals surface area contributed by atoms with E-state index >= 15 is 0 Å². The van der Waals surface area contributed by atoms with Crippen molar-refractivity contribution in [2.45, 2.75) is 19.9 Å². The summed E-state index contributed by atoms with van der Waals surface area (Å²) in [6.07, 6.45) is 0. The van der Waals surface area contributed by atoms with Crippen molar-refractivity contribution in [1.82, 2.24) is 4.90 Å². The SMILES string of the molecule is CN(C)C(c1cc(Cl)ccc1F)C(C)(C)CN. The predicted molar refractivity (Wildman–Crippen MR) is 70.7 cm³/mol. The third-order valence-corrected chi connectivity index (χ3v) is 3.27. The van der Waals surface area contributed by atoms with Gasteiger partial charge in [0.1, 0.15) is 5.82 Å². The van der Waals surface area contributed by atoms with E-state index in [0.29, 0.717) is 17.1 Å². The highest BCUT2D eigenvalue weighted by atomic mass is 35.5. The van der Waals surface area contributed by atoms with Crippen molar-refractivity contribution in [3.8, 4) is 0 Å². The van der Waals surface area contributed by atoms with Gasteiger partial charge < -0.3 is 10.6 Å². The molecule has 0 aliphatic carbocycles. The van der Waals surface area contributed by atoms with Crippen LogP contribution in [0.25, 0.3) is 0 Å². The first-order chi connectivity index (χ1) is 7.79. The van der Waals surface area contributed by atoms with Gasteiger partial charge in [0, 0.05) is 16.6 Å². The van der Waals surface area contributed by atoms with Crippen molar-refractivity contribution in [3.63, 3.8) is 0 Å². The summed E-state index contributed by atoms with van der Waals surface area (Å²) in [5, 5.41) is 0.543. The summed E-state index contributed by atoms with van der Waals surface area (Å²) in [5.74, 6) is -0.241. The van der Waals surface area contributed by atoms with Crippen molar-refractivity contribution in [2.75, 3.05) is 20.6 Å². The van der Waals surface area contributed by atoms with Crippen LogP contribution >= 0.6 is 11.6 Å². The van der Waals surface area contributed by atoms with Gasteiger partial charge in [-0.05, 0) is 44.3 Å². The van der Waals surface area contributed by atoms with Crippen molar-refractivity contribution < 1.29 is 4.39 Å². The number of halogens is 2. The number of nitrogens with two attached hydrogens (primary N) is 1. The lowest BCUT2D eigenvalue weighted by atomic mass is 9.79. The Morgan fingerprint density at radius 3 is 2.47 bits per heavy atom. The van der Waals surface area contributed by atoms with E-state index < -0.39 is 0 Å². The maximum Gasteiger partial charge on any atom is 0.128 e. The Morgan fingerprint density at radius 1 is 1.41 bits per heavy atom. The highest BCUT2D eigenvalue weighted by Gasteiger charge is 2.33. The average molecular weight is 259 g/mol.